The van der Waals surface area contributed by atoms with Crippen LogP contribution in [0.3, 0.4) is 0 Å². The predicted molar refractivity (Wildman–Crippen MR) is 96.3 cm³/mol. The van der Waals surface area contributed by atoms with Crippen molar-refractivity contribution in [3.05, 3.63) is 30.0 Å². The highest BCUT2D eigenvalue weighted by molar-refractivity contribution is 7.86. The second-order valence-corrected chi connectivity index (χ2v) is 8.61. The van der Waals surface area contributed by atoms with Crippen LogP contribution < -0.4 is 9.50 Å². The molecule has 0 aliphatic heterocycles. The molecule has 0 saturated carbocycles. The summed E-state index contributed by atoms with van der Waals surface area (Å²) >= 11 is 0. The summed E-state index contributed by atoms with van der Waals surface area (Å²) in [4.78, 5) is 14.9. The standard InChI is InChI=1S/C17H24N2O5S/c1-11(19-16(20)23-17(2,3)4)9-12-10-18-15-13(12)7-6-8-14(15)24-25(5,21)22/h6-8,10-11,18H,9H2,1-5H3,(H,19,20)/t11-/m1/s1. The molecule has 0 fully saturated rings. The highest BCUT2D eigenvalue weighted by atomic mass is 32.2. The number of carbonyl (C=O) groups excluding carboxylic acids is 1. The molecule has 138 valence electrons. The van der Waals surface area contributed by atoms with Crippen molar-refractivity contribution in [2.24, 2.45) is 0 Å². The van der Waals surface area contributed by atoms with Gasteiger partial charge >= 0.3 is 16.2 Å². The quantitative estimate of drug-likeness (QED) is 0.791. The number of para-hydroxylation sites is 1. The van der Waals surface area contributed by atoms with E-state index in [9.17, 15) is 13.2 Å². The Balaban J connectivity index is 2.14. The summed E-state index contributed by atoms with van der Waals surface area (Å²) < 4.78 is 33.0. The molecule has 2 N–H and O–H groups in total. The number of amides is 1. The molecule has 0 saturated heterocycles. The third kappa shape index (κ3) is 5.67. The molecule has 0 spiro atoms. The molecular weight excluding hydrogens is 344 g/mol. The van der Waals surface area contributed by atoms with E-state index in [1.807, 2.05) is 13.0 Å². The van der Waals surface area contributed by atoms with Gasteiger partial charge in [0.2, 0.25) is 0 Å². The van der Waals surface area contributed by atoms with Crippen molar-refractivity contribution in [1.29, 1.82) is 0 Å². The maximum atomic E-state index is 11.8. The van der Waals surface area contributed by atoms with Crippen molar-refractivity contribution in [2.75, 3.05) is 6.26 Å². The van der Waals surface area contributed by atoms with E-state index in [1.165, 1.54) is 0 Å². The molecule has 0 aliphatic carbocycles. The van der Waals surface area contributed by atoms with Gasteiger partial charge in [-0.05, 0) is 45.7 Å². The van der Waals surface area contributed by atoms with Gasteiger partial charge in [-0.1, -0.05) is 12.1 Å². The van der Waals surface area contributed by atoms with Gasteiger partial charge < -0.3 is 19.2 Å². The average Bonchev–Trinajstić information content (AvgIpc) is 2.78. The number of nitrogens with one attached hydrogen (secondary N) is 2. The number of alkyl carbamates (subject to hydrolysis) is 1. The molecule has 0 radical (unpaired) electrons. The van der Waals surface area contributed by atoms with Gasteiger partial charge in [0.1, 0.15) is 5.60 Å². The molecule has 1 aromatic carbocycles. The van der Waals surface area contributed by atoms with Crippen LogP contribution >= 0.6 is 0 Å². The molecule has 7 nitrogen and oxygen atoms in total. The molecule has 0 bridgehead atoms. The Morgan fingerprint density at radius 2 is 2.00 bits per heavy atom. The second kappa shape index (κ2) is 6.95. The van der Waals surface area contributed by atoms with Crippen LogP contribution in [0, 0.1) is 0 Å². The van der Waals surface area contributed by atoms with E-state index >= 15 is 0 Å². The Morgan fingerprint density at radius 3 is 2.60 bits per heavy atom. The first-order chi connectivity index (χ1) is 11.4. The van der Waals surface area contributed by atoms with Crippen molar-refractivity contribution in [3.8, 4) is 5.75 Å². The van der Waals surface area contributed by atoms with Crippen LogP contribution in [0.4, 0.5) is 4.79 Å². The van der Waals surface area contributed by atoms with Gasteiger partial charge in [0.15, 0.2) is 5.75 Å². The number of hydrogen-bond donors (Lipinski definition) is 2. The Kier molecular flexibility index (Phi) is 5.31. The molecule has 0 unspecified atom stereocenters. The Labute approximate surface area is 147 Å². The van der Waals surface area contributed by atoms with Gasteiger partial charge in [-0.15, -0.1) is 0 Å². The molecule has 0 aliphatic rings. The lowest BCUT2D eigenvalue weighted by Gasteiger charge is -2.21. The minimum atomic E-state index is -3.61. The summed E-state index contributed by atoms with van der Waals surface area (Å²) in [5, 5.41) is 3.64. The zero-order chi connectivity index (χ0) is 18.8. The van der Waals surface area contributed by atoms with E-state index < -0.39 is 21.8 Å². The smallest absolute Gasteiger partial charge is 0.407 e. The lowest BCUT2D eigenvalue weighted by Crippen LogP contribution is -2.38. The van der Waals surface area contributed by atoms with E-state index in [4.69, 9.17) is 8.92 Å². The Bertz CT molecular complexity index is 865. The zero-order valence-corrected chi connectivity index (χ0v) is 15.9. The molecule has 1 atom stereocenters. The minimum Gasteiger partial charge on any atom is -0.444 e. The third-order valence-corrected chi connectivity index (χ3v) is 3.78. The Morgan fingerprint density at radius 1 is 1.32 bits per heavy atom. The maximum Gasteiger partial charge on any atom is 0.407 e. The molecule has 25 heavy (non-hydrogen) atoms. The second-order valence-electron chi connectivity index (χ2n) is 7.03. The number of carbonyl (C=O) groups is 1. The van der Waals surface area contributed by atoms with Crippen molar-refractivity contribution >= 4 is 27.1 Å². The monoisotopic (exact) mass is 368 g/mol. The summed E-state index contributed by atoms with van der Waals surface area (Å²) in [6, 6.07) is 5.03. The summed E-state index contributed by atoms with van der Waals surface area (Å²) in [5.74, 6) is 0.249. The number of ether oxygens (including phenoxy) is 1. The fraction of sp³-hybridized carbons (Fsp3) is 0.471. The van der Waals surface area contributed by atoms with Crippen LogP contribution in [0.15, 0.2) is 24.4 Å². The van der Waals surface area contributed by atoms with Crippen molar-refractivity contribution in [1.82, 2.24) is 10.3 Å². The van der Waals surface area contributed by atoms with Crippen molar-refractivity contribution in [2.45, 2.75) is 45.8 Å². The topological polar surface area (TPSA) is 97.5 Å². The van der Waals surface area contributed by atoms with E-state index in [2.05, 4.69) is 10.3 Å². The molecule has 2 rings (SSSR count). The molecular formula is C17H24N2O5S. The first-order valence-electron chi connectivity index (χ1n) is 7.92. The van der Waals surface area contributed by atoms with E-state index in [0.717, 1.165) is 17.2 Å². The normalized spacial score (nSPS) is 13.5. The lowest BCUT2D eigenvalue weighted by molar-refractivity contribution is 0.0508. The van der Waals surface area contributed by atoms with Crippen LogP contribution in [0.25, 0.3) is 10.9 Å². The van der Waals surface area contributed by atoms with Gasteiger partial charge in [0, 0.05) is 17.6 Å². The molecule has 8 heteroatoms. The molecule has 1 amide bonds. The highest BCUT2D eigenvalue weighted by Crippen LogP contribution is 2.28. The van der Waals surface area contributed by atoms with Gasteiger partial charge in [0.25, 0.3) is 0 Å². The van der Waals surface area contributed by atoms with Crippen LogP contribution in [0.2, 0.25) is 0 Å². The van der Waals surface area contributed by atoms with E-state index in [1.54, 1.807) is 39.1 Å². The van der Waals surface area contributed by atoms with Crippen LogP contribution in [0.1, 0.15) is 33.3 Å². The van der Waals surface area contributed by atoms with Gasteiger partial charge in [0.05, 0.1) is 11.8 Å². The maximum absolute atomic E-state index is 11.8. The number of H-pyrrole nitrogens is 1. The molecule has 1 aromatic heterocycles. The summed E-state index contributed by atoms with van der Waals surface area (Å²) in [6.07, 6.45) is 2.87. The van der Waals surface area contributed by atoms with Gasteiger partial charge in [-0.2, -0.15) is 8.42 Å². The molecule has 1 heterocycles. The fourth-order valence-electron chi connectivity index (χ4n) is 2.48. The third-order valence-electron chi connectivity index (χ3n) is 3.29. The van der Waals surface area contributed by atoms with Crippen LogP contribution in [0.5, 0.6) is 5.75 Å². The number of hydrogen-bond acceptors (Lipinski definition) is 5. The fourth-order valence-corrected chi connectivity index (χ4v) is 2.94. The summed E-state index contributed by atoms with van der Waals surface area (Å²) in [6.45, 7) is 7.29. The first-order valence-corrected chi connectivity index (χ1v) is 9.74. The number of rotatable bonds is 5. The van der Waals surface area contributed by atoms with Crippen molar-refractivity contribution in [3.63, 3.8) is 0 Å². The Hall–Kier alpha value is -2.22. The van der Waals surface area contributed by atoms with Crippen molar-refractivity contribution < 1.29 is 22.1 Å². The molecule has 2 aromatic rings. The van der Waals surface area contributed by atoms with E-state index in [-0.39, 0.29) is 11.8 Å². The number of aromatic nitrogens is 1. The summed E-state index contributed by atoms with van der Waals surface area (Å²) in [7, 11) is -3.61. The highest BCUT2D eigenvalue weighted by Gasteiger charge is 2.19. The van der Waals surface area contributed by atoms with Gasteiger partial charge in [-0.3, -0.25) is 0 Å². The van der Waals surface area contributed by atoms with E-state index in [0.29, 0.717) is 11.9 Å². The van der Waals surface area contributed by atoms with Crippen LogP contribution in [-0.4, -0.2) is 37.4 Å². The van der Waals surface area contributed by atoms with Crippen LogP contribution in [-0.2, 0) is 21.3 Å². The average molecular weight is 368 g/mol. The SMILES string of the molecule is C[C@H](Cc1c[nH]c2c(OS(C)(=O)=O)cccc12)NC(=O)OC(C)(C)C. The zero-order valence-electron chi connectivity index (χ0n) is 15.0. The first kappa shape index (κ1) is 19.1. The minimum absolute atomic E-state index is 0.159. The summed E-state index contributed by atoms with van der Waals surface area (Å²) in [5.41, 5.74) is 0.993. The number of fused-ring (bicyclic) bond motifs is 1. The predicted octanol–water partition coefficient (Wildman–Crippen LogP) is 2.96. The lowest BCUT2D eigenvalue weighted by atomic mass is 10.1. The largest absolute Gasteiger partial charge is 0.444 e. The number of aromatic amines is 1. The van der Waals surface area contributed by atoms with Gasteiger partial charge in [-0.25, -0.2) is 4.79 Å². The number of benzene rings is 1.